The van der Waals surface area contributed by atoms with E-state index in [0.29, 0.717) is 5.69 Å². The normalized spacial score (nSPS) is 11.5. The number of rotatable bonds is 4. The number of benzene rings is 1. The third kappa shape index (κ3) is 3.75. The highest BCUT2D eigenvalue weighted by molar-refractivity contribution is 9.10. The lowest BCUT2D eigenvalue weighted by atomic mass is 10.1. The van der Waals surface area contributed by atoms with Gasteiger partial charge < -0.3 is 0 Å². The Kier molecular flexibility index (Phi) is 4.68. The summed E-state index contributed by atoms with van der Waals surface area (Å²) in [5.41, 5.74) is 5.31. The van der Waals surface area contributed by atoms with Crippen LogP contribution in [0.15, 0.2) is 57.4 Å². The second-order valence-electron chi connectivity index (χ2n) is 4.79. The molecule has 23 heavy (non-hydrogen) atoms. The lowest BCUT2D eigenvalue weighted by Gasteiger charge is -2.01. The summed E-state index contributed by atoms with van der Waals surface area (Å²) < 4.78 is 0.996. The van der Waals surface area contributed by atoms with Crippen molar-refractivity contribution in [3.63, 3.8) is 0 Å². The number of thiophene rings is 1. The Balaban J connectivity index is 1.69. The van der Waals surface area contributed by atoms with Gasteiger partial charge in [0.2, 0.25) is 0 Å². The summed E-state index contributed by atoms with van der Waals surface area (Å²) in [5, 5.41) is 13.0. The number of H-pyrrole nitrogens is 1. The highest BCUT2D eigenvalue weighted by Gasteiger charge is 2.11. The minimum atomic E-state index is -0.347. The smallest absolute Gasteiger partial charge is 0.276 e. The fraction of sp³-hybridized carbons (Fsp3) is 0.0625. The molecule has 0 atom stereocenters. The first kappa shape index (κ1) is 15.6. The predicted molar refractivity (Wildman–Crippen MR) is 95.7 cm³/mol. The van der Waals surface area contributed by atoms with Crippen LogP contribution in [-0.2, 0) is 0 Å². The lowest BCUT2D eigenvalue weighted by molar-refractivity contribution is 0.0950. The lowest BCUT2D eigenvalue weighted by Crippen LogP contribution is -2.19. The molecule has 2 aromatic heterocycles. The summed E-state index contributed by atoms with van der Waals surface area (Å²) in [6, 6.07) is 13.3. The van der Waals surface area contributed by atoms with Gasteiger partial charge in [-0.1, -0.05) is 34.1 Å². The van der Waals surface area contributed by atoms with Crippen molar-refractivity contribution in [3.8, 4) is 10.6 Å². The summed E-state index contributed by atoms with van der Waals surface area (Å²) in [7, 11) is 0. The number of hydrogen-bond acceptors (Lipinski definition) is 4. The molecule has 0 saturated carbocycles. The van der Waals surface area contributed by atoms with Crippen molar-refractivity contribution in [3.05, 3.63) is 63.6 Å². The molecule has 2 heterocycles. The molecule has 0 aliphatic rings. The van der Waals surface area contributed by atoms with Gasteiger partial charge in [-0.2, -0.15) is 10.2 Å². The van der Waals surface area contributed by atoms with Crippen LogP contribution < -0.4 is 5.43 Å². The Bertz CT molecular complexity index is 837. The first-order valence-electron chi connectivity index (χ1n) is 6.83. The van der Waals surface area contributed by atoms with E-state index in [1.807, 2.05) is 48.7 Å². The molecule has 0 radical (unpaired) electrons. The Labute approximate surface area is 145 Å². The molecule has 2 N–H and O–H groups in total. The monoisotopic (exact) mass is 388 g/mol. The Morgan fingerprint density at radius 3 is 2.78 bits per heavy atom. The highest BCUT2D eigenvalue weighted by Crippen LogP contribution is 2.22. The van der Waals surface area contributed by atoms with Gasteiger partial charge in [0.05, 0.1) is 16.3 Å². The van der Waals surface area contributed by atoms with Crippen molar-refractivity contribution in [2.45, 2.75) is 6.92 Å². The van der Waals surface area contributed by atoms with Gasteiger partial charge in [-0.3, -0.25) is 9.89 Å². The first-order valence-corrected chi connectivity index (χ1v) is 8.50. The second kappa shape index (κ2) is 6.89. The number of aromatic nitrogens is 2. The molecule has 5 nitrogen and oxygen atoms in total. The van der Waals surface area contributed by atoms with Gasteiger partial charge in [0.1, 0.15) is 0 Å². The molecule has 0 aliphatic heterocycles. The van der Waals surface area contributed by atoms with Crippen LogP contribution in [0, 0.1) is 0 Å². The van der Waals surface area contributed by atoms with Gasteiger partial charge >= 0.3 is 0 Å². The molecule has 1 aromatic carbocycles. The maximum absolute atomic E-state index is 12.1. The van der Waals surface area contributed by atoms with Gasteiger partial charge in [0.25, 0.3) is 5.91 Å². The average Bonchev–Trinajstić information content (AvgIpc) is 3.23. The zero-order valence-corrected chi connectivity index (χ0v) is 14.6. The number of carbonyl (C=O) groups excluding carboxylic acids is 1. The molecule has 0 bridgehead atoms. The average molecular weight is 389 g/mol. The third-order valence-corrected chi connectivity index (χ3v) is 4.62. The van der Waals surface area contributed by atoms with Crippen molar-refractivity contribution in [2.75, 3.05) is 0 Å². The molecule has 1 amide bonds. The number of hydrazone groups is 1. The zero-order chi connectivity index (χ0) is 16.2. The van der Waals surface area contributed by atoms with E-state index < -0.39 is 0 Å². The van der Waals surface area contributed by atoms with E-state index in [1.54, 1.807) is 17.4 Å². The maximum Gasteiger partial charge on any atom is 0.291 e. The van der Waals surface area contributed by atoms with E-state index in [9.17, 15) is 4.79 Å². The number of aromatic amines is 1. The van der Waals surface area contributed by atoms with Crippen LogP contribution in [0.4, 0.5) is 0 Å². The topological polar surface area (TPSA) is 70.1 Å². The molecule has 3 aromatic rings. The summed E-state index contributed by atoms with van der Waals surface area (Å²) in [4.78, 5) is 13.1. The molecular formula is C16H13BrN4OS. The molecule has 0 unspecified atom stereocenters. The van der Waals surface area contributed by atoms with Gasteiger partial charge in [-0.25, -0.2) is 5.43 Å². The van der Waals surface area contributed by atoms with Crippen LogP contribution in [0.1, 0.15) is 23.0 Å². The molecule has 0 fully saturated rings. The van der Waals surface area contributed by atoms with Crippen molar-refractivity contribution in [1.82, 2.24) is 15.6 Å². The molecule has 0 spiro atoms. The Hall–Kier alpha value is -2.25. The number of halogens is 1. The maximum atomic E-state index is 12.1. The van der Waals surface area contributed by atoms with Crippen LogP contribution in [0.2, 0.25) is 0 Å². The largest absolute Gasteiger partial charge is 0.291 e. The van der Waals surface area contributed by atoms with E-state index in [4.69, 9.17) is 0 Å². The minimum absolute atomic E-state index is 0.306. The summed E-state index contributed by atoms with van der Waals surface area (Å²) in [5.74, 6) is -0.347. The van der Waals surface area contributed by atoms with E-state index >= 15 is 0 Å². The van der Waals surface area contributed by atoms with Crippen LogP contribution >= 0.6 is 27.3 Å². The molecular weight excluding hydrogens is 376 g/mol. The molecule has 3 rings (SSSR count). The molecule has 0 aliphatic carbocycles. The van der Waals surface area contributed by atoms with Crippen molar-refractivity contribution < 1.29 is 4.79 Å². The zero-order valence-electron chi connectivity index (χ0n) is 12.2. The molecule has 116 valence electrons. The van der Waals surface area contributed by atoms with Crippen molar-refractivity contribution in [1.29, 1.82) is 0 Å². The SMILES string of the molecule is C/C(=N\NC(=O)c1cc(-c2cccs2)[nH]n1)c1ccc(Br)cc1. The number of nitrogens with one attached hydrogen (secondary N) is 2. The van der Waals surface area contributed by atoms with Crippen molar-refractivity contribution >= 4 is 38.9 Å². The predicted octanol–water partition coefficient (Wildman–Crippen LogP) is 4.05. The number of hydrogen-bond donors (Lipinski definition) is 2. The highest BCUT2D eigenvalue weighted by atomic mass is 79.9. The molecule has 7 heteroatoms. The number of carbonyl (C=O) groups is 1. The second-order valence-corrected chi connectivity index (χ2v) is 6.65. The van der Waals surface area contributed by atoms with Gasteiger partial charge in [0, 0.05) is 4.47 Å². The number of nitrogens with zero attached hydrogens (tertiary/aromatic N) is 2. The first-order chi connectivity index (χ1) is 11.1. The van der Waals surface area contributed by atoms with E-state index in [1.165, 1.54) is 0 Å². The van der Waals surface area contributed by atoms with Crippen LogP contribution in [0.25, 0.3) is 10.6 Å². The fourth-order valence-corrected chi connectivity index (χ4v) is 2.90. The van der Waals surface area contributed by atoms with Crippen molar-refractivity contribution in [2.24, 2.45) is 5.10 Å². The van der Waals surface area contributed by atoms with Crippen LogP contribution in [0.5, 0.6) is 0 Å². The van der Waals surface area contributed by atoms with Gasteiger partial charge in [-0.05, 0) is 42.1 Å². The Morgan fingerprint density at radius 2 is 2.09 bits per heavy atom. The van der Waals surface area contributed by atoms with E-state index in [2.05, 4.69) is 36.7 Å². The van der Waals surface area contributed by atoms with Crippen LogP contribution in [-0.4, -0.2) is 21.8 Å². The molecule has 0 saturated heterocycles. The van der Waals surface area contributed by atoms with Gasteiger partial charge in [0.15, 0.2) is 5.69 Å². The Morgan fingerprint density at radius 1 is 1.30 bits per heavy atom. The minimum Gasteiger partial charge on any atom is -0.276 e. The number of amides is 1. The van der Waals surface area contributed by atoms with E-state index in [0.717, 1.165) is 26.3 Å². The van der Waals surface area contributed by atoms with Crippen LogP contribution in [0.3, 0.4) is 0 Å². The quantitative estimate of drug-likeness (QED) is 0.522. The fourth-order valence-electron chi connectivity index (χ4n) is 1.94. The summed E-state index contributed by atoms with van der Waals surface area (Å²) in [6.07, 6.45) is 0. The summed E-state index contributed by atoms with van der Waals surface area (Å²) in [6.45, 7) is 1.84. The van der Waals surface area contributed by atoms with Gasteiger partial charge in [-0.15, -0.1) is 11.3 Å². The standard InChI is InChI=1S/C16H13BrN4OS/c1-10(11-4-6-12(17)7-5-11)18-21-16(22)14-9-13(19-20-14)15-3-2-8-23-15/h2-9H,1H3,(H,19,20)(H,21,22)/b18-10+. The summed E-state index contributed by atoms with van der Waals surface area (Å²) >= 11 is 4.97. The van der Waals surface area contributed by atoms with E-state index in [-0.39, 0.29) is 5.91 Å². The third-order valence-electron chi connectivity index (χ3n) is 3.18.